The van der Waals surface area contributed by atoms with Crippen LogP contribution in [0, 0.1) is 16.0 Å². The molecule has 1 aromatic rings. The molecule has 1 aliphatic rings. The number of aromatic nitrogens is 1. The van der Waals surface area contributed by atoms with E-state index >= 15 is 0 Å². The maximum Gasteiger partial charge on any atom is 0.287 e. The van der Waals surface area contributed by atoms with Crippen LogP contribution in [-0.4, -0.2) is 28.0 Å². The molecule has 1 saturated carbocycles. The zero-order chi connectivity index (χ0) is 15.6. The second kappa shape index (κ2) is 6.26. The van der Waals surface area contributed by atoms with Crippen LogP contribution in [0.2, 0.25) is 0 Å². The highest BCUT2D eigenvalue weighted by atomic mass is 16.6. The lowest BCUT2D eigenvalue weighted by Crippen LogP contribution is -2.41. The highest BCUT2D eigenvalue weighted by Gasteiger charge is 2.30. The number of nitrogens with zero attached hydrogens (tertiary/aromatic N) is 2. The summed E-state index contributed by atoms with van der Waals surface area (Å²) in [6.07, 6.45) is 4.15. The summed E-state index contributed by atoms with van der Waals surface area (Å²) in [5, 5.41) is 13.8. The molecule has 1 unspecified atom stereocenters. The molecule has 1 aromatic heterocycles. The fraction of sp³-hybridized carbons (Fsp3) is 0.643. The van der Waals surface area contributed by atoms with E-state index in [1.807, 2.05) is 0 Å². The number of hydrogen-bond acceptors (Lipinski definition) is 4. The van der Waals surface area contributed by atoms with Crippen LogP contribution < -0.4 is 11.1 Å². The first-order valence-electron chi connectivity index (χ1n) is 7.29. The summed E-state index contributed by atoms with van der Waals surface area (Å²) < 4.78 is 1.72. The zero-order valence-electron chi connectivity index (χ0n) is 12.4. The molecule has 1 heterocycles. The van der Waals surface area contributed by atoms with Gasteiger partial charge in [0.15, 0.2) is 0 Å². The number of hydrogen-bond donors (Lipinski definition) is 2. The normalized spacial score (nSPS) is 16.0. The first kappa shape index (κ1) is 15.5. The van der Waals surface area contributed by atoms with Crippen LogP contribution in [0.15, 0.2) is 12.3 Å². The summed E-state index contributed by atoms with van der Waals surface area (Å²) in [5.41, 5.74) is 5.99. The van der Waals surface area contributed by atoms with E-state index < -0.39 is 4.92 Å². The number of carbonyl (C=O) groups excluding carboxylic acids is 1. The fourth-order valence-electron chi connectivity index (χ4n) is 2.44. The Labute approximate surface area is 123 Å². The van der Waals surface area contributed by atoms with Crippen LogP contribution in [0.1, 0.15) is 49.6 Å². The molecular formula is C14H22N4O3. The third-order valence-electron chi connectivity index (χ3n) is 3.59. The highest BCUT2D eigenvalue weighted by molar-refractivity contribution is 5.93. The summed E-state index contributed by atoms with van der Waals surface area (Å²) in [6.45, 7) is 4.48. The van der Waals surface area contributed by atoms with Crippen molar-refractivity contribution in [3.05, 3.63) is 28.1 Å². The Morgan fingerprint density at radius 1 is 1.57 bits per heavy atom. The number of nitrogens with one attached hydrogen (secondary N) is 1. The standard InChI is InChI=1S/C14H22N4O3/c1-9(2)5-10(7-15)16-14(19)13-6-12(18(20)21)8-17(13)11-3-4-11/h6,8-11H,3-5,7,15H2,1-2H3,(H,16,19). The minimum Gasteiger partial charge on any atom is -0.347 e. The molecule has 116 valence electrons. The molecule has 1 fully saturated rings. The number of amides is 1. The highest BCUT2D eigenvalue weighted by Crippen LogP contribution is 2.37. The van der Waals surface area contributed by atoms with Crippen molar-refractivity contribution < 1.29 is 9.72 Å². The second-order valence-electron chi connectivity index (χ2n) is 6.01. The van der Waals surface area contributed by atoms with E-state index in [-0.39, 0.29) is 23.7 Å². The Bertz CT molecular complexity index is 534. The molecule has 0 radical (unpaired) electrons. The maximum absolute atomic E-state index is 12.4. The summed E-state index contributed by atoms with van der Waals surface area (Å²) in [5.74, 6) is 0.134. The van der Waals surface area contributed by atoms with Crippen molar-refractivity contribution in [2.75, 3.05) is 6.54 Å². The largest absolute Gasteiger partial charge is 0.347 e. The topological polar surface area (TPSA) is 103 Å². The van der Waals surface area contributed by atoms with Gasteiger partial charge in [-0.05, 0) is 25.2 Å². The fourth-order valence-corrected chi connectivity index (χ4v) is 2.44. The van der Waals surface area contributed by atoms with Crippen molar-refractivity contribution in [1.82, 2.24) is 9.88 Å². The van der Waals surface area contributed by atoms with Crippen molar-refractivity contribution in [2.45, 2.75) is 45.2 Å². The molecule has 0 bridgehead atoms. The quantitative estimate of drug-likeness (QED) is 0.591. The van der Waals surface area contributed by atoms with E-state index in [2.05, 4.69) is 19.2 Å². The van der Waals surface area contributed by atoms with Crippen LogP contribution in [-0.2, 0) is 0 Å². The minimum atomic E-state index is -0.468. The van der Waals surface area contributed by atoms with E-state index in [1.165, 1.54) is 12.3 Å². The molecule has 0 aliphatic heterocycles. The number of rotatable bonds is 7. The molecule has 3 N–H and O–H groups in total. The summed E-state index contributed by atoms with van der Waals surface area (Å²) in [7, 11) is 0. The average molecular weight is 294 g/mol. The Balaban J connectivity index is 2.15. The lowest BCUT2D eigenvalue weighted by atomic mass is 10.0. The van der Waals surface area contributed by atoms with Crippen molar-refractivity contribution >= 4 is 11.6 Å². The molecule has 7 nitrogen and oxygen atoms in total. The number of nitrogens with two attached hydrogens (primary N) is 1. The van der Waals surface area contributed by atoms with Crippen LogP contribution in [0.25, 0.3) is 0 Å². The van der Waals surface area contributed by atoms with Gasteiger partial charge in [0.2, 0.25) is 0 Å². The molecule has 7 heteroatoms. The van der Waals surface area contributed by atoms with Crippen LogP contribution in [0.5, 0.6) is 0 Å². The van der Waals surface area contributed by atoms with Gasteiger partial charge in [-0.15, -0.1) is 0 Å². The number of carbonyl (C=O) groups is 1. The lowest BCUT2D eigenvalue weighted by molar-refractivity contribution is -0.384. The monoisotopic (exact) mass is 294 g/mol. The van der Waals surface area contributed by atoms with Gasteiger partial charge in [0.25, 0.3) is 11.6 Å². The summed E-state index contributed by atoms with van der Waals surface area (Å²) in [4.78, 5) is 22.8. The minimum absolute atomic E-state index is 0.0415. The Morgan fingerprint density at radius 3 is 2.71 bits per heavy atom. The van der Waals surface area contributed by atoms with Gasteiger partial charge < -0.3 is 15.6 Å². The molecule has 1 atom stereocenters. The van der Waals surface area contributed by atoms with E-state index in [1.54, 1.807) is 4.57 Å². The molecular weight excluding hydrogens is 272 g/mol. The third-order valence-corrected chi connectivity index (χ3v) is 3.59. The lowest BCUT2D eigenvalue weighted by Gasteiger charge is -2.19. The van der Waals surface area contributed by atoms with Crippen molar-refractivity contribution in [3.8, 4) is 0 Å². The van der Waals surface area contributed by atoms with Gasteiger partial charge in [0.1, 0.15) is 5.69 Å². The summed E-state index contributed by atoms with van der Waals surface area (Å²) in [6, 6.07) is 1.44. The third kappa shape index (κ3) is 3.81. The Morgan fingerprint density at radius 2 is 2.24 bits per heavy atom. The van der Waals surface area contributed by atoms with Gasteiger partial charge in [-0.3, -0.25) is 14.9 Å². The maximum atomic E-state index is 12.4. The van der Waals surface area contributed by atoms with Gasteiger partial charge in [-0.25, -0.2) is 0 Å². The van der Waals surface area contributed by atoms with Crippen molar-refractivity contribution in [2.24, 2.45) is 11.7 Å². The van der Waals surface area contributed by atoms with Gasteiger partial charge in [-0.2, -0.15) is 0 Å². The predicted octanol–water partition coefficient (Wildman–Crippen LogP) is 1.83. The van der Waals surface area contributed by atoms with E-state index in [0.29, 0.717) is 18.2 Å². The first-order valence-corrected chi connectivity index (χ1v) is 7.29. The SMILES string of the molecule is CC(C)CC(CN)NC(=O)c1cc([N+](=O)[O-])cn1C1CC1. The molecule has 0 saturated heterocycles. The number of nitro groups is 1. The molecule has 1 aliphatic carbocycles. The molecule has 2 rings (SSSR count). The van der Waals surface area contributed by atoms with Crippen molar-refractivity contribution in [1.29, 1.82) is 0 Å². The molecule has 0 spiro atoms. The predicted molar refractivity (Wildman–Crippen MR) is 79.1 cm³/mol. The van der Waals surface area contributed by atoms with Crippen molar-refractivity contribution in [3.63, 3.8) is 0 Å². The average Bonchev–Trinajstić information content (AvgIpc) is 3.15. The van der Waals surface area contributed by atoms with E-state index in [0.717, 1.165) is 19.3 Å². The zero-order valence-corrected chi connectivity index (χ0v) is 12.4. The van der Waals surface area contributed by atoms with Crippen LogP contribution in [0.3, 0.4) is 0 Å². The summed E-state index contributed by atoms with van der Waals surface area (Å²) >= 11 is 0. The van der Waals surface area contributed by atoms with Gasteiger partial charge in [0, 0.05) is 24.7 Å². The molecule has 0 aromatic carbocycles. The van der Waals surface area contributed by atoms with E-state index in [9.17, 15) is 14.9 Å². The second-order valence-corrected chi connectivity index (χ2v) is 6.01. The van der Waals surface area contributed by atoms with Gasteiger partial charge in [0.05, 0.1) is 11.1 Å². The Kier molecular flexibility index (Phi) is 4.62. The van der Waals surface area contributed by atoms with Gasteiger partial charge >= 0.3 is 0 Å². The van der Waals surface area contributed by atoms with Gasteiger partial charge in [-0.1, -0.05) is 13.8 Å². The smallest absolute Gasteiger partial charge is 0.287 e. The molecule has 1 amide bonds. The first-order chi connectivity index (χ1) is 9.92. The molecule has 21 heavy (non-hydrogen) atoms. The Hall–Kier alpha value is -1.89. The van der Waals surface area contributed by atoms with Crippen LogP contribution >= 0.6 is 0 Å². The van der Waals surface area contributed by atoms with Crippen LogP contribution in [0.4, 0.5) is 5.69 Å². The van der Waals surface area contributed by atoms with E-state index in [4.69, 9.17) is 5.73 Å².